The first-order chi connectivity index (χ1) is 11.5. The highest BCUT2D eigenvalue weighted by Gasteiger charge is 2.41. The summed E-state index contributed by atoms with van der Waals surface area (Å²) in [6.07, 6.45) is -2.29. The maximum atomic E-state index is 12.8. The van der Waals surface area contributed by atoms with Crippen LogP contribution in [0.2, 0.25) is 0 Å². The average Bonchev–Trinajstić information content (AvgIpc) is 2.83. The van der Waals surface area contributed by atoms with Crippen molar-refractivity contribution in [2.75, 3.05) is 18.1 Å². The van der Waals surface area contributed by atoms with E-state index in [1.165, 1.54) is 0 Å². The van der Waals surface area contributed by atoms with Gasteiger partial charge in [-0.15, -0.1) is 0 Å². The Labute approximate surface area is 147 Å². The van der Waals surface area contributed by atoms with E-state index < -0.39 is 21.9 Å². The summed E-state index contributed by atoms with van der Waals surface area (Å²) in [4.78, 5) is 4.48. The summed E-state index contributed by atoms with van der Waals surface area (Å²) < 4.78 is 61.3. The summed E-state index contributed by atoms with van der Waals surface area (Å²) in [5.74, 6) is -0.226. The minimum absolute atomic E-state index is 0.0247. The van der Waals surface area contributed by atoms with Crippen LogP contribution in [0.25, 0.3) is 0 Å². The highest BCUT2D eigenvalue weighted by molar-refractivity contribution is 7.91. The van der Waals surface area contributed by atoms with E-state index in [-0.39, 0.29) is 42.3 Å². The molecular weight excluding hydrogens is 355 g/mol. The molecule has 0 spiro atoms. The molecule has 0 aromatic rings. The third kappa shape index (κ3) is 6.67. The third-order valence-corrected chi connectivity index (χ3v) is 6.63. The van der Waals surface area contributed by atoms with E-state index in [1.807, 2.05) is 13.8 Å². The zero-order valence-corrected chi connectivity index (χ0v) is 15.6. The molecule has 1 atom stereocenters. The van der Waals surface area contributed by atoms with E-state index in [2.05, 4.69) is 15.6 Å². The molecule has 5 nitrogen and oxygen atoms in total. The van der Waals surface area contributed by atoms with Crippen molar-refractivity contribution >= 4 is 15.8 Å². The van der Waals surface area contributed by atoms with E-state index in [1.54, 1.807) is 0 Å². The molecule has 2 aliphatic rings. The molecule has 2 N–H and O–H groups in total. The topological polar surface area (TPSA) is 70.6 Å². The van der Waals surface area contributed by atoms with E-state index in [9.17, 15) is 21.6 Å². The van der Waals surface area contributed by atoms with Crippen molar-refractivity contribution in [3.8, 4) is 0 Å². The monoisotopic (exact) mass is 383 g/mol. The Morgan fingerprint density at radius 1 is 1.16 bits per heavy atom. The molecule has 0 aromatic heterocycles. The fourth-order valence-electron chi connectivity index (χ4n) is 3.40. The van der Waals surface area contributed by atoms with Crippen molar-refractivity contribution < 1.29 is 21.6 Å². The van der Waals surface area contributed by atoms with Crippen LogP contribution in [0.15, 0.2) is 4.99 Å². The highest BCUT2D eigenvalue weighted by atomic mass is 32.2. The van der Waals surface area contributed by atoms with Gasteiger partial charge in [0.25, 0.3) is 0 Å². The summed E-state index contributed by atoms with van der Waals surface area (Å²) >= 11 is 0. The lowest BCUT2D eigenvalue weighted by atomic mass is 9.85. The standard InChI is InChI=1S/C16H28F3N3O2S/c1-11(2)21-15(20-9-12-7-8-25(23,24)10-12)22-14-5-3-13(4-6-14)16(17,18)19/h11-14H,3-10H2,1-2H3,(H2,20,21,22). The number of alkyl halides is 3. The Kier molecular flexibility index (Phi) is 6.62. The summed E-state index contributed by atoms with van der Waals surface area (Å²) in [5, 5.41) is 6.41. The zero-order valence-electron chi connectivity index (χ0n) is 14.8. The minimum Gasteiger partial charge on any atom is -0.354 e. The lowest BCUT2D eigenvalue weighted by Crippen LogP contribution is -2.48. The molecule has 0 amide bonds. The van der Waals surface area contributed by atoms with Crippen LogP contribution >= 0.6 is 0 Å². The molecule has 2 fully saturated rings. The van der Waals surface area contributed by atoms with Gasteiger partial charge in [-0.25, -0.2) is 8.42 Å². The van der Waals surface area contributed by atoms with Crippen molar-refractivity contribution in [1.82, 2.24) is 10.6 Å². The molecule has 1 aliphatic carbocycles. The van der Waals surface area contributed by atoms with Gasteiger partial charge in [-0.2, -0.15) is 13.2 Å². The number of rotatable bonds is 4. The van der Waals surface area contributed by atoms with Crippen molar-refractivity contribution in [2.24, 2.45) is 16.8 Å². The van der Waals surface area contributed by atoms with Crippen molar-refractivity contribution in [2.45, 2.75) is 64.2 Å². The molecule has 0 aromatic carbocycles. The number of nitrogens with one attached hydrogen (secondary N) is 2. The van der Waals surface area contributed by atoms with Gasteiger partial charge in [-0.1, -0.05) is 0 Å². The van der Waals surface area contributed by atoms with Gasteiger partial charge in [0.05, 0.1) is 17.4 Å². The number of sulfone groups is 1. The summed E-state index contributed by atoms with van der Waals surface area (Å²) in [7, 11) is -2.93. The Morgan fingerprint density at radius 2 is 1.80 bits per heavy atom. The molecule has 2 rings (SSSR count). The summed E-state index contributed by atoms with van der Waals surface area (Å²) in [6.45, 7) is 4.33. The second-order valence-corrected chi connectivity index (χ2v) is 9.72. The van der Waals surface area contributed by atoms with Crippen molar-refractivity contribution in [1.29, 1.82) is 0 Å². The SMILES string of the molecule is CC(C)NC(=NCC1CCS(=O)(=O)C1)NC1CCC(C(F)(F)F)CC1. The Balaban J connectivity index is 1.89. The first-order valence-corrected chi connectivity index (χ1v) is 10.7. The summed E-state index contributed by atoms with van der Waals surface area (Å²) in [6, 6.07) is 0.0981. The quantitative estimate of drug-likeness (QED) is 0.578. The number of guanidine groups is 1. The first-order valence-electron chi connectivity index (χ1n) is 8.90. The van der Waals surface area contributed by atoms with Crippen molar-refractivity contribution in [3.05, 3.63) is 0 Å². The summed E-state index contributed by atoms with van der Waals surface area (Å²) in [5.41, 5.74) is 0. The van der Waals surface area contributed by atoms with Crippen LogP contribution in [0.4, 0.5) is 13.2 Å². The van der Waals surface area contributed by atoms with Crippen LogP contribution in [0, 0.1) is 11.8 Å². The molecule has 1 heterocycles. The molecule has 1 unspecified atom stereocenters. The van der Waals surface area contributed by atoms with Crippen LogP contribution in [0.1, 0.15) is 46.0 Å². The Hall–Kier alpha value is -0.990. The van der Waals surface area contributed by atoms with Crippen molar-refractivity contribution in [3.63, 3.8) is 0 Å². The van der Waals surface area contributed by atoms with E-state index in [4.69, 9.17) is 0 Å². The van der Waals surface area contributed by atoms with Gasteiger partial charge in [0.1, 0.15) is 0 Å². The normalized spacial score (nSPS) is 30.5. The van der Waals surface area contributed by atoms with Gasteiger partial charge >= 0.3 is 6.18 Å². The first kappa shape index (κ1) is 20.3. The van der Waals surface area contributed by atoms with Gasteiger partial charge in [0, 0.05) is 18.6 Å². The van der Waals surface area contributed by atoms with Gasteiger partial charge in [0.2, 0.25) is 0 Å². The predicted octanol–water partition coefficient (Wildman–Crippen LogP) is 2.49. The smallest absolute Gasteiger partial charge is 0.354 e. The molecule has 0 bridgehead atoms. The van der Waals surface area contributed by atoms with Gasteiger partial charge in [0.15, 0.2) is 15.8 Å². The maximum Gasteiger partial charge on any atom is 0.391 e. The zero-order chi connectivity index (χ0) is 18.7. The fourth-order valence-corrected chi connectivity index (χ4v) is 5.25. The lowest BCUT2D eigenvalue weighted by Gasteiger charge is -2.31. The second-order valence-electron chi connectivity index (χ2n) is 7.49. The maximum absolute atomic E-state index is 12.8. The fraction of sp³-hybridized carbons (Fsp3) is 0.938. The number of hydrogen-bond donors (Lipinski definition) is 2. The molecule has 0 radical (unpaired) electrons. The largest absolute Gasteiger partial charge is 0.391 e. The molecular formula is C16H28F3N3O2S. The predicted molar refractivity (Wildman–Crippen MR) is 92.3 cm³/mol. The van der Waals surface area contributed by atoms with E-state index >= 15 is 0 Å². The molecule has 25 heavy (non-hydrogen) atoms. The molecule has 1 aliphatic heterocycles. The third-order valence-electron chi connectivity index (χ3n) is 4.79. The van der Waals surface area contributed by atoms with Gasteiger partial charge in [-0.05, 0) is 51.9 Å². The van der Waals surface area contributed by atoms with Gasteiger partial charge < -0.3 is 10.6 Å². The highest BCUT2D eigenvalue weighted by Crippen LogP contribution is 2.37. The van der Waals surface area contributed by atoms with Crippen LogP contribution in [-0.4, -0.2) is 50.7 Å². The van der Waals surface area contributed by atoms with Crippen LogP contribution in [0.3, 0.4) is 0 Å². The van der Waals surface area contributed by atoms with E-state index in [0.717, 1.165) is 0 Å². The number of nitrogens with zero attached hydrogens (tertiary/aromatic N) is 1. The minimum atomic E-state index is -4.11. The van der Waals surface area contributed by atoms with E-state index in [0.29, 0.717) is 31.8 Å². The van der Waals surface area contributed by atoms with Crippen LogP contribution in [-0.2, 0) is 9.84 Å². The molecule has 1 saturated carbocycles. The lowest BCUT2D eigenvalue weighted by molar-refractivity contribution is -0.182. The molecule has 1 saturated heterocycles. The number of hydrogen-bond acceptors (Lipinski definition) is 3. The molecule has 146 valence electrons. The van der Waals surface area contributed by atoms with Crippen LogP contribution < -0.4 is 10.6 Å². The number of aliphatic imine (C=N–C) groups is 1. The van der Waals surface area contributed by atoms with Gasteiger partial charge in [-0.3, -0.25) is 4.99 Å². The second kappa shape index (κ2) is 8.14. The average molecular weight is 383 g/mol. The number of halogens is 3. The Morgan fingerprint density at radius 3 is 2.28 bits per heavy atom. The van der Waals surface area contributed by atoms with Crippen LogP contribution in [0.5, 0.6) is 0 Å². The Bertz CT molecular complexity index is 568. The molecule has 9 heteroatoms.